The van der Waals surface area contributed by atoms with Crippen molar-refractivity contribution in [2.45, 2.75) is 47.5 Å². The number of rotatable bonds is 5. The highest BCUT2D eigenvalue weighted by atomic mass is 15.0. The Hall–Kier alpha value is -2.61. The van der Waals surface area contributed by atoms with E-state index in [9.17, 15) is 0 Å². The minimum absolute atomic E-state index is 0.996. The van der Waals surface area contributed by atoms with Crippen LogP contribution < -0.4 is 0 Å². The van der Waals surface area contributed by atoms with E-state index in [1.807, 2.05) is 6.21 Å². The minimum atomic E-state index is 0.996. The fraction of sp³-hybridized carbons (Fsp3) is 0.292. The van der Waals surface area contributed by atoms with Crippen molar-refractivity contribution in [3.63, 3.8) is 0 Å². The van der Waals surface area contributed by atoms with E-state index in [0.29, 0.717) is 0 Å². The molecule has 0 atom stereocenters. The van der Waals surface area contributed by atoms with Crippen LogP contribution in [0.15, 0.2) is 53.5 Å². The van der Waals surface area contributed by atoms with Crippen molar-refractivity contribution in [1.29, 1.82) is 0 Å². The molecule has 0 aliphatic rings. The van der Waals surface area contributed by atoms with E-state index < -0.39 is 0 Å². The van der Waals surface area contributed by atoms with Crippen molar-refractivity contribution in [3.8, 4) is 5.69 Å². The van der Waals surface area contributed by atoms with Crippen LogP contribution in [0.3, 0.4) is 0 Å². The molecule has 134 valence electrons. The second kappa shape index (κ2) is 7.74. The molecule has 0 unspecified atom stereocenters. The highest BCUT2D eigenvalue weighted by molar-refractivity contribution is 5.84. The fourth-order valence-corrected chi connectivity index (χ4v) is 3.66. The van der Waals surface area contributed by atoms with Crippen LogP contribution in [0.25, 0.3) is 5.69 Å². The first-order valence-corrected chi connectivity index (χ1v) is 9.46. The van der Waals surface area contributed by atoms with Gasteiger partial charge < -0.3 is 4.57 Å². The first-order chi connectivity index (χ1) is 12.6. The van der Waals surface area contributed by atoms with Gasteiger partial charge in [0.2, 0.25) is 0 Å². The summed E-state index contributed by atoms with van der Waals surface area (Å²) in [5, 5.41) is 0. The van der Waals surface area contributed by atoms with Crippen molar-refractivity contribution < 1.29 is 0 Å². The molecule has 3 aromatic rings. The van der Waals surface area contributed by atoms with Crippen LogP contribution in [0.4, 0.5) is 5.69 Å². The monoisotopic (exact) mass is 344 g/mol. The molecule has 1 heterocycles. The second-order valence-corrected chi connectivity index (χ2v) is 6.84. The lowest BCUT2D eigenvalue weighted by molar-refractivity contribution is 0.926. The number of aliphatic imine (C=N–C) groups is 1. The number of nitrogens with zero attached hydrogens (tertiary/aromatic N) is 2. The van der Waals surface area contributed by atoms with Crippen LogP contribution in [0.2, 0.25) is 0 Å². The minimum Gasteiger partial charge on any atom is -0.317 e. The molecule has 0 spiro atoms. The quantitative estimate of drug-likeness (QED) is 0.485. The standard InChI is InChI=1S/C24H28N2/c1-6-20-12-8-9-14-23(20)25-16-22-15-18(4)26(19(22)5)24-17(3)11-10-13-21(24)7-2/h8-16H,6-7H2,1-5H3. The predicted octanol–water partition coefficient (Wildman–Crippen LogP) is 6.28. The largest absolute Gasteiger partial charge is 0.317 e. The van der Waals surface area contributed by atoms with Gasteiger partial charge in [-0.1, -0.05) is 50.2 Å². The number of hydrogen-bond acceptors (Lipinski definition) is 1. The molecule has 0 aliphatic carbocycles. The normalized spacial score (nSPS) is 11.4. The number of aryl methyl sites for hydroxylation is 4. The van der Waals surface area contributed by atoms with Gasteiger partial charge in [-0.05, 0) is 62.4 Å². The molecule has 0 aliphatic heterocycles. The summed E-state index contributed by atoms with van der Waals surface area (Å²) in [7, 11) is 0. The Morgan fingerprint density at radius 2 is 1.58 bits per heavy atom. The maximum atomic E-state index is 4.78. The van der Waals surface area contributed by atoms with Gasteiger partial charge in [-0.25, -0.2) is 0 Å². The lowest BCUT2D eigenvalue weighted by atomic mass is 10.1. The van der Waals surface area contributed by atoms with Crippen molar-refractivity contribution >= 4 is 11.9 Å². The molecule has 0 bridgehead atoms. The van der Waals surface area contributed by atoms with Crippen LogP contribution in [0.1, 0.15) is 47.5 Å². The van der Waals surface area contributed by atoms with Gasteiger partial charge in [0, 0.05) is 23.2 Å². The molecule has 2 heteroatoms. The summed E-state index contributed by atoms with van der Waals surface area (Å²) in [6, 6.07) is 17.2. The summed E-state index contributed by atoms with van der Waals surface area (Å²) in [6.45, 7) is 10.9. The molecule has 2 aromatic carbocycles. The average molecular weight is 345 g/mol. The molecule has 0 N–H and O–H groups in total. The Morgan fingerprint density at radius 3 is 2.31 bits per heavy atom. The number of para-hydroxylation sites is 2. The molecular weight excluding hydrogens is 316 g/mol. The van der Waals surface area contributed by atoms with Crippen LogP contribution in [0, 0.1) is 20.8 Å². The maximum absolute atomic E-state index is 4.78. The lowest BCUT2D eigenvalue weighted by Crippen LogP contribution is -2.05. The van der Waals surface area contributed by atoms with Gasteiger partial charge in [-0.3, -0.25) is 4.99 Å². The van der Waals surface area contributed by atoms with Gasteiger partial charge in [0.05, 0.1) is 11.4 Å². The number of hydrogen-bond donors (Lipinski definition) is 0. The number of aromatic nitrogens is 1. The third kappa shape index (κ3) is 3.37. The van der Waals surface area contributed by atoms with Crippen LogP contribution in [-0.2, 0) is 12.8 Å². The summed E-state index contributed by atoms with van der Waals surface area (Å²) >= 11 is 0. The molecular formula is C24H28N2. The Bertz CT molecular complexity index is 945. The molecule has 0 radical (unpaired) electrons. The second-order valence-electron chi connectivity index (χ2n) is 6.84. The van der Waals surface area contributed by atoms with E-state index in [1.54, 1.807) is 0 Å². The van der Waals surface area contributed by atoms with Gasteiger partial charge in [-0.2, -0.15) is 0 Å². The Morgan fingerprint density at radius 1 is 0.885 bits per heavy atom. The smallest absolute Gasteiger partial charge is 0.0661 e. The highest BCUT2D eigenvalue weighted by Crippen LogP contribution is 2.27. The van der Waals surface area contributed by atoms with E-state index >= 15 is 0 Å². The molecule has 0 saturated carbocycles. The Kier molecular flexibility index (Phi) is 5.41. The zero-order valence-corrected chi connectivity index (χ0v) is 16.5. The van der Waals surface area contributed by atoms with Crippen molar-refractivity contribution in [2.24, 2.45) is 4.99 Å². The molecule has 0 saturated heterocycles. The third-order valence-corrected chi connectivity index (χ3v) is 5.11. The molecule has 0 amide bonds. The van der Waals surface area contributed by atoms with E-state index in [0.717, 1.165) is 18.5 Å². The summed E-state index contributed by atoms with van der Waals surface area (Å²) in [5.74, 6) is 0. The summed E-state index contributed by atoms with van der Waals surface area (Å²) < 4.78 is 2.38. The predicted molar refractivity (Wildman–Crippen MR) is 112 cm³/mol. The van der Waals surface area contributed by atoms with Gasteiger partial charge in [0.15, 0.2) is 0 Å². The molecule has 0 fully saturated rings. The van der Waals surface area contributed by atoms with Gasteiger partial charge in [-0.15, -0.1) is 0 Å². The van der Waals surface area contributed by atoms with Crippen molar-refractivity contribution in [3.05, 3.63) is 82.2 Å². The van der Waals surface area contributed by atoms with Gasteiger partial charge in [0.25, 0.3) is 0 Å². The summed E-state index contributed by atoms with van der Waals surface area (Å²) in [5.41, 5.74) is 10.0. The Balaban J connectivity index is 2.06. The average Bonchev–Trinajstić information content (AvgIpc) is 2.93. The highest BCUT2D eigenvalue weighted by Gasteiger charge is 2.14. The van der Waals surface area contributed by atoms with Crippen molar-refractivity contribution in [1.82, 2.24) is 4.57 Å². The van der Waals surface area contributed by atoms with E-state index in [2.05, 4.69) is 87.7 Å². The molecule has 2 nitrogen and oxygen atoms in total. The lowest BCUT2D eigenvalue weighted by Gasteiger charge is -2.17. The van der Waals surface area contributed by atoms with Crippen LogP contribution in [-0.4, -0.2) is 10.8 Å². The third-order valence-electron chi connectivity index (χ3n) is 5.11. The molecule has 1 aromatic heterocycles. The first-order valence-electron chi connectivity index (χ1n) is 9.46. The van der Waals surface area contributed by atoms with Crippen LogP contribution >= 0.6 is 0 Å². The van der Waals surface area contributed by atoms with E-state index in [1.165, 1.54) is 39.3 Å². The molecule has 3 rings (SSSR count). The first kappa shape index (κ1) is 18.2. The fourth-order valence-electron chi connectivity index (χ4n) is 3.66. The summed E-state index contributed by atoms with van der Waals surface area (Å²) in [4.78, 5) is 4.78. The SMILES string of the molecule is CCc1ccccc1N=Cc1cc(C)n(-c2c(C)cccc2CC)c1C. The van der Waals surface area contributed by atoms with E-state index in [-0.39, 0.29) is 0 Å². The zero-order chi connectivity index (χ0) is 18.7. The maximum Gasteiger partial charge on any atom is 0.0661 e. The zero-order valence-electron chi connectivity index (χ0n) is 16.5. The topological polar surface area (TPSA) is 17.3 Å². The van der Waals surface area contributed by atoms with Crippen LogP contribution in [0.5, 0.6) is 0 Å². The molecule has 26 heavy (non-hydrogen) atoms. The van der Waals surface area contributed by atoms with Gasteiger partial charge >= 0.3 is 0 Å². The van der Waals surface area contributed by atoms with Crippen molar-refractivity contribution in [2.75, 3.05) is 0 Å². The summed E-state index contributed by atoms with van der Waals surface area (Å²) in [6.07, 6.45) is 4.04. The Labute approximate surface area is 157 Å². The number of benzene rings is 2. The van der Waals surface area contributed by atoms with E-state index in [4.69, 9.17) is 4.99 Å². The van der Waals surface area contributed by atoms with Gasteiger partial charge in [0.1, 0.15) is 0 Å².